The summed E-state index contributed by atoms with van der Waals surface area (Å²) in [5.74, 6) is 0.0487. The van der Waals surface area contributed by atoms with Gasteiger partial charge in [-0.1, -0.05) is 32.0 Å². The number of carbonyl (C=O) groups excluding carboxylic acids is 1. The fraction of sp³-hybridized carbons (Fsp3) is 0.222. The number of nitro benzene ring substituents is 1. The molecule has 0 saturated heterocycles. The van der Waals surface area contributed by atoms with Crippen molar-refractivity contribution in [2.45, 2.75) is 26.7 Å². The van der Waals surface area contributed by atoms with Crippen molar-refractivity contribution in [2.24, 2.45) is 0 Å². The lowest BCUT2D eigenvalue weighted by atomic mass is 10.0. The van der Waals surface area contributed by atoms with E-state index in [2.05, 4.69) is 24.5 Å². The summed E-state index contributed by atoms with van der Waals surface area (Å²) in [6, 6.07) is 11.9. The van der Waals surface area contributed by atoms with E-state index in [0.29, 0.717) is 22.7 Å². The van der Waals surface area contributed by atoms with E-state index in [-0.39, 0.29) is 16.7 Å². The lowest BCUT2D eigenvalue weighted by Crippen LogP contribution is -2.34. The van der Waals surface area contributed by atoms with Crippen molar-refractivity contribution in [3.8, 4) is 0 Å². The van der Waals surface area contributed by atoms with E-state index < -0.39 is 4.92 Å². The van der Waals surface area contributed by atoms with Crippen LogP contribution in [0.15, 0.2) is 42.5 Å². The first-order valence-corrected chi connectivity index (χ1v) is 8.16. The van der Waals surface area contributed by atoms with Crippen molar-refractivity contribution >= 4 is 34.6 Å². The summed E-state index contributed by atoms with van der Waals surface area (Å²) < 4.78 is 0. The second-order valence-corrected chi connectivity index (χ2v) is 6.30. The van der Waals surface area contributed by atoms with Crippen LogP contribution in [0.1, 0.15) is 41.3 Å². The van der Waals surface area contributed by atoms with Crippen LogP contribution in [0.3, 0.4) is 0 Å². The topological polar surface area (TPSA) is 84.3 Å². The van der Waals surface area contributed by atoms with Gasteiger partial charge in [-0.3, -0.25) is 20.2 Å². The number of benzene rings is 2. The Kier molecular flexibility index (Phi) is 5.82. The molecule has 6 nitrogen and oxygen atoms in total. The zero-order valence-corrected chi connectivity index (χ0v) is 15.0. The number of carbonyl (C=O) groups is 1. The molecule has 0 bridgehead atoms. The smallest absolute Gasteiger partial charge is 0.274 e. The van der Waals surface area contributed by atoms with Crippen molar-refractivity contribution in [1.29, 1.82) is 0 Å². The Hall–Kier alpha value is -2.80. The molecule has 0 aliphatic carbocycles. The average molecular weight is 357 g/mol. The van der Waals surface area contributed by atoms with Crippen molar-refractivity contribution < 1.29 is 9.72 Å². The van der Waals surface area contributed by atoms with Crippen LogP contribution in [0.25, 0.3) is 0 Å². The van der Waals surface area contributed by atoms with E-state index >= 15 is 0 Å². The highest BCUT2D eigenvalue weighted by Crippen LogP contribution is 2.24. The third-order valence-corrected chi connectivity index (χ3v) is 4.02. The summed E-state index contributed by atoms with van der Waals surface area (Å²) in [4.78, 5) is 22.8. The summed E-state index contributed by atoms with van der Waals surface area (Å²) in [6.45, 7) is 5.78. The van der Waals surface area contributed by atoms with E-state index in [1.807, 2.05) is 12.1 Å². The van der Waals surface area contributed by atoms with E-state index in [4.69, 9.17) is 12.2 Å². The molecule has 25 heavy (non-hydrogen) atoms. The van der Waals surface area contributed by atoms with Crippen molar-refractivity contribution in [1.82, 2.24) is 5.32 Å². The van der Waals surface area contributed by atoms with E-state index in [0.717, 1.165) is 5.56 Å². The summed E-state index contributed by atoms with van der Waals surface area (Å²) in [7, 11) is 0. The van der Waals surface area contributed by atoms with E-state index in [9.17, 15) is 14.9 Å². The van der Waals surface area contributed by atoms with Gasteiger partial charge in [-0.05, 0) is 48.8 Å². The molecule has 0 heterocycles. The molecule has 0 aliphatic heterocycles. The Morgan fingerprint density at radius 3 is 2.36 bits per heavy atom. The van der Waals surface area contributed by atoms with Crippen LogP contribution in [0.5, 0.6) is 0 Å². The first kappa shape index (κ1) is 18.5. The van der Waals surface area contributed by atoms with Gasteiger partial charge in [0.15, 0.2) is 5.11 Å². The largest absolute Gasteiger partial charge is 0.332 e. The lowest BCUT2D eigenvalue weighted by molar-refractivity contribution is -0.385. The lowest BCUT2D eigenvalue weighted by Gasteiger charge is -2.12. The summed E-state index contributed by atoms with van der Waals surface area (Å²) in [6.07, 6.45) is 0. The molecule has 130 valence electrons. The molecule has 0 aliphatic rings. The molecule has 2 N–H and O–H groups in total. The molecule has 0 saturated carbocycles. The Bertz CT molecular complexity index is 817. The first-order valence-electron chi connectivity index (χ1n) is 7.76. The number of anilines is 1. The van der Waals surface area contributed by atoms with Gasteiger partial charge in [0.1, 0.15) is 0 Å². The fourth-order valence-corrected chi connectivity index (χ4v) is 2.51. The highest BCUT2D eigenvalue weighted by Gasteiger charge is 2.15. The maximum absolute atomic E-state index is 12.2. The van der Waals surface area contributed by atoms with Gasteiger partial charge in [-0.2, -0.15) is 0 Å². The third kappa shape index (κ3) is 4.60. The Morgan fingerprint density at radius 2 is 1.80 bits per heavy atom. The van der Waals surface area contributed by atoms with Gasteiger partial charge in [-0.25, -0.2) is 0 Å². The predicted octanol–water partition coefficient (Wildman–Crippen LogP) is 4.15. The van der Waals surface area contributed by atoms with Crippen molar-refractivity contribution in [2.75, 3.05) is 5.32 Å². The molecule has 7 heteroatoms. The normalized spacial score (nSPS) is 10.4. The van der Waals surface area contributed by atoms with E-state index in [1.165, 1.54) is 6.07 Å². The molecule has 0 spiro atoms. The number of thiocarbonyl (C=S) groups is 1. The maximum Gasteiger partial charge on any atom is 0.274 e. The quantitative estimate of drug-likeness (QED) is 0.488. The molecule has 0 fully saturated rings. The van der Waals surface area contributed by atoms with Crippen LogP contribution in [-0.4, -0.2) is 15.9 Å². The average Bonchev–Trinajstić information content (AvgIpc) is 2.56. The van der Waals surface area contributed by atoms with Gasteiger partial charge in [0.2, 0.25) is 0 Å². The zero-order valence-electron chi connectivity index (χ0n) is 14.2. The molecule has 0 aromatic heterocycles. The van der Waals surface area contributed by atoms with E-state index in [1.54, 1.807) is 31.2 Å². The number of nitrogens with zero attached hydrogens (tertiary/aromatic N) is 1. The number of rotatable bonds is 4. The standard InChI is InChI=1S/C18H19N3O3S/c1-11(2)13-7-9-14(10-8-13)17(22)20-18(25)19-15-5-4-6-16(12(15)3)21(23)24/h4-11H,1-3H3,(H2,19,20,22,25). The van der Waals surface area contributed by atoms with Crippen LogP contribution >= 0.6 is 12.2 Å². The molecule has 2 rings (SSSR count). The molecular weight excluding hydrogens is 338 g/mol. The number of hydrogen-bond donors (Lipinski definition) is 2. The minimum Gasteiger partial charge on any atom is -0.332 e. The SMILES string of the molecule is Cc1c(NC(=S)NC(=O)c2ccc(C(C)C)cc2)cccc1[N+](=O)[O-]. The number of amides is 1. The molecule has 0 unspecified atom stereocenters. The molecule has 2 aromatic rings. The molecule has 0 radical (unpaired) electrons. The van der Waals surface area contributed by atoms with Gasteiger partial charge in [0.25, 0.3) is 11.6 Å². The fourth-order valence-electron chi connectivity index (χ4n) is 2.30. The molecule has 2 aromatic carbocycles. The van der Waals surface area contributed by atoms with Gasteiger partial charge in [-0.15, -0.1) is 0 Å². The van der Waals surface area contributed by atoms with Gasteiger partial charge in [0, 0.05) is 11.6 Å². The van der Waals surface area contributed by atoms with Gasteiger partial charge in [0.05, 0.1) is 16.2 Å². The molecule has 0 atom stereocenters. The number of hydrogen-bond acceptors (Lipinski definition) is 4. The Labute approximate surface area is 151 Å². The van der Waals surface area contributed by atoms with Gasteiger partial charge >= 0.3 is 0 Å². The van der Waals surface area contributed by atoms with Gasteiger partial charge < -0.3 is 5.32 Å². The van der Waals surface area contributed by atoms with Crippen LogP contribution < -0.4 is 10.6 Å². The van der Waals surface area contributed by atoms with Crippen LogP contribution in [0.2, 0.25) is 0 Å². The monoisotopic (exact) mass is 357 g/mol. The summed E-state index contributed by atoms with van der Waals surface area (Å²) in [5.41, 5.74) is 2.55. The second kappa shape index (κ2) is 7.85. The van der Waals surface area contributed by atoms with Crippen LogP contribution in [0, 0.1) is 17.0 Å². The summed E-state index contributed by atoms with van der Waals surface area (Å²) in [5, 5.41) is 16.5. The van der Waals surface area contributed by atoms with Crippen LogP contribution in [-0.2, 0) is 0 Å². The highest BCUT2D eigenvalue weighted by atomic mass is 32.1. The predicted molar refractivity (Wildman–Crippen MR) is 102 cm³/mol. The first-order chi connectivity index (χ1) is 11.8. The highest BCUT2D eigenvalue weighted by molar-refractivity contribution is 7.80. The Balaban J connectivity index is 2.06. The van der Waals surface area contributed by atoms with Crippen molar-refractivity contribution in [3.05, 3.63) is 69.3 Å². The zero-order chi connectivity index (χ0) is 18.6. The maximum atomic E-state index is 12.2. The number of nitro groups is 1. The second-order valence-electron chi connectivity index (χ2n) is 5.89. The minimum absolute atomic E-state index is 0.0107. The molecular formula is C18H19N3O3S. The van der Waals surface area contributed by atoms with Crippen LogP contribution in [0.4, 0.5) is 11.4 Å². The van der Waals surface area contributed by atoms with Crippen molar-refractivity contribution in [3.63, 3.8) is 0 Å². The third-order valence-electron chi connectivity index (χ3n) is 3.82. The summed E-state index contributed by atoms with van der Waals surface area (Å²) >= 11 is 5.14. The number of nitrogens with one attached hydrogen (secondary N) is 2. The Morgan fingerprint density at radius 1 is 1.16 bits per heavy atom. The minimum atomic E-state index is -0.460. The molecule has 1 amide bonds.